The van der Waals surface area contributed by atoms with Gasteiger partial charge >= 0.3 is 0 Å². The molecule has 5 rings (SSSR count). The Morgan fingerprint density at radius 3 is 2.63 bits per heavy atom. The molecule has 1 aromatic carbocycles. The lowest BCUT2D eigenvalue weighted by atomic mass is 9.44. The Kier molecular flexibility index (Phi) is 5.24. The molecule has 4 saturated carbocycles. The van der Waals surface area contributed by atoms with Gasteiger partial charge in [-0.25, -0.2) is 0 Å². The van der Waals surface area contributed by atoms with Crippen LogP contribution >= 0.6 is 0 Å². The van der Waals surface area contributed by atoms with Crippen LogP contribution in [0.15, 0.2) is 24.3 Å². The largest absolute Gasteiger partial charge is 0.508 e. The fourth-order valence-corrected chi connectivity index (χ4v) is 9.56. The summed E-state index contributed by atoms with van der Waals surface area (Å²) in [6.07, 6.45) is 13.1. The van der Waals surface area contributed by atoms with E-state index in [1.165, 1.54) is 56.9 Å². The summed E-state index contributed by atoms with van der Waals surface area (Å²) in [5.41, 5.74) is 2.04. The zero-order valence-electron chi connectivity index (χ0n) is 19.3. The van der Waals surface area contributed by atoms with Gasteiger partial charge in [0.25, 0.3) is 0 Å². The maximum Gasteiger partial charge on any atom is 0.115 e. The average Bonchev–Trinajstić information content (AvgIpc) is 2.97. The molecule has 9 atom stereocenters. The van der Waals surface area contributed by atoms with Gasteiger partial charge in [0.15, 0.2) is 0 Å². The maximum atomic E-state index is 11.3. The van der Waals surface area contributed by atoms with E-state index in [1.54, 1.807) is 6.07 Å². The van der Waals surface area contributed by atoms with E-state index in [1.807, 2.05) is 12.1 Å². The predicted molar refractivity (Wildman–Crippen MR) is 122 cm³/mol. The molecule has 0 saturated heterocycles. The van der Waals surface area contributed by atoms with E-state index in [0.29, 0.717) is 28.9 Å². The van der Waals surface area contributed by atoms with Gasteiger partial charge in [-0.2, -0.15) is 0 Å². The van der Waals surface area contributed by atoms with Crippen LogP contribution in [0.2, 0.25) is 0 Å². The van der Waals surface area contributed by atoms with E-state index in [-0.39, 0.29) is 11.5 Å². The highest BCUT2D eigenvalue weighted by atomic mass is 16.3. The fourth-order valence-electron chi connectivity index (χ4n) is 9.56. The summed E-state index contributed by atoms with van der Waals surface area (Å²) in [6.45, 7) is 7.52. The summed E-state index contributed by atoms with van der Waals surface area (Å²) in [5, 5.41) is 21.2. The highest BCUT2D eigenvalue weighted by Gasteiger charge is 2.62. The molecule has 4 aliphatic carbocycles. The minimum Gasteiger partial charge on any atom is -0.508 e. The van der Waals surface area contributed by atoms with Crippen molar-refractivity contribution in [2.24, 2.45) is 46.3 Å². The molecule has 2 nitrogen and oxygen atoms in total. The van der Waals surface area contributed by atoms with Crippen LogP contribution in [0.1, 0.15) is 84.1 Å². The first-order chi connectivity index (χ1) is 14.3. The van der Waals surface area contributed by atoms with Gasteiger partial charge in [-0.15, -0.1) is 0 Å². The summed E-state index contributed by atoms with van der Waals surface area (Å²) in [7, 11) is 0. The fraction of sp³-hybridized carbons (Fsp3) is 0.786. The van der Waals surface area contributed by atoms with E-state index in [4.69, 9.17) is 0 Å². The van der Waals surface area contributed by atoms with Gasteiger partial charge in [0.1, 0.15) is 5.75 Å². The number of rotatable bonds is 3. The lowest BCUT2D eigenvalue weighted by molar-refractivity contribution is -0.115. The van der Waals surface area contributed by atoms with Crippen LogP contribution in [0.25, 0.3) is 0 Å². The first kappa shape index (κ1) is 20.9. The topological polar surface area (TPSA) is 40.5 Å². The summed E-state index contributed by atoms with van der Waals surface area (Å²) in [5.74, 6) is 4.55. The second-order valence-electron chi connectivity index (χ2n) is 12.1. The molecule has 3 unspecified atom stereocenters. The van der Waals surface area contributed by atoms with E-state index >= 15 is 0 Å². The first-order valence-corrected chi connectivity index (χ1v) is 12.8. The third kappa shape index (κ3) is 3.15. The molecule has 0 spiro atoms. The molecule has 30 heavy (non-hydrogen) atoms. The molecular weight excluding hydrogens is 368 g/mol. The number of aliphatic hydroxyl groups excluding tert-OH is 1. The van der Waals surface area contributed by atoms with Gasteiger partial charge < -0.3 is 10.2 Å². The monoisotopic (exact) mass is 410 g/mol. The SMILES string of the molecule is CC(Cc1cccc(O)c1)[C@H]1C(O)C[C@H]2[C@@H]3CCC4CCCC[C@]4(C)[C@H]3CC[C@]12C. The number of benzene rings is 1. The second kappa shape index (κ2) is 7.54. The van der Waals surface area contributed by atoms with Crippen molar-refractivity contribution in [2.45, 2.75) is 91.1 Å². The lowest BCUT2D eigenvalue weighted by Gasteiger charge is -2.60. The van der Waals surface area contributed by atoms with E-state index < -0.39 is 0 Å². The van der Waals surface area contributed by atoms with Gasteiger partial charge in [-0.3, -0.25) is 0 Å². The third-order valence-electron chi connectivity index (χ3n) is 10.8. The van der Waals surface area contributed by atoms with Crippen LogP contribution < -0.4 is 0 Å². The molecule has 1 aromatic rings. The number of hydrogen-bond donors (Lipinski definition) is 2. The molecule has 0 heterocycles. The van der Waals surface area contributed by atoms with Crippen molar-refractivity contribution in [3.8, 4) is 5.75 Å². The third-order valence-corrected chi connectivity index (χ3v) is 10.8. The van der Waals surface area contributed by atoms with Crippen molar-refractivity contribution in [1.29, 1.82) is 0 Å². The smallest absolute Gasteiger partial charge is 0.115 e. The van der Waals surface area contributed by atoms with Crippen molar-refractivity contribution in [3.63, 3.8) is 0 Å². The van der Waals surface area contributed by atoms with Gasteiger partial charge in [-0.05, 0) is 115 Å². The van der Waals surface area contributed by atoms with E-state index in [0.717, 1.165) is 30.6 Å². The van der Waals surface area contributed by atoms with Crippen LogP contribution in [0.4, 0.5) is 0 Å². The Morgan fingerprint density at radius 2 is 1.83 bits per heavy atom. The maximum absolute atomic E-state index is 11.3. The molecule has 0 amide bonds. The molecule has 0 bridgehead atoms. The summed E-state index contributed by atoms with van der Waals surface area (Å²) < 4.78 is 0. The van der Waals surface area contributed by atoms with Crippen molar-refractivity contribution < 1.29 is 10.2 Å². The summed E-state index contributed by atoms with van der Waals surface area (Å²) in [6, 6.07) is 7.72. The minimum atomic E-state index is -0.164. The first-order valence-electron chi connectivity index (χ1n) is 12.8. The molecule has 4 fully saturated rings. The number of phenols is 1. The van der Waals surface area contributed by atoms with Crippen molar-refractivity contribution in [1.82, 2.24) is 0 Å². The summed E-state index contributed by atoms with van der Waals surface area (Å²) in [4.78, 5) is 0. The molecule has 166 valence electrons. The second-order valence-corrected chi connectivity index (χ2v) is 12.1. The Bertz CT molecular complexity index is 774. The van der Waals surface area contributed by atoms with Crippen LogP contribution in [0, 0.1) is 46.3 Å². The van der Waals surface area contributed by atoms with E-state index in [9.17, 15) is 10.2 Å². The molecule has 2 N–H and O–H groups in total. The zero-order valence-corrected chi connectivity index (χ0v) is 19.3. The average molecular weight is 411 g/mol. The molecular formula is C28H42O2. The molecule has 0 radical (unpaired) electrons. The zero-order chi connectivity index (χ0) is 21.1. The lowest BCUT2D eigenvalue weighted by Crippen LogP contribution is -2.53. The molecule has 0 aliphatic heterocycles. The normalized spacial score (nSPS) is 46.5. The predicted octanol–water partition coefficient (Wildman–Crippen LogP) is 6.59. The highest BCUT2D eigenvalue weighted by Crippen LogP contribution is 2.68. The molecule has 2 heteroatoms. The van der Waals surface area contributed by atoms with Crippen LogP contribution in [-0.2, 0) is 6.42 Å². The Morgan fingerprint density at radius 1 is 1.00 bits per heavy atom. The Balaban J connectivity index is 1.38. The van der Waals surface area contributed by atoms with E-state index in [2.05, 4.69) is 26.8 Å². The van der Waals surface area contributed by atoms with Crippen molar-refractivity contribution in [2.75, 3.05) is 0 Å². The quantitative estimate of drug-likeness (QED) is 0.590. The molecule has 0 aromatic heterocycles. The molecule has 4 aliphatic rings. The Hall–Kier alpha value is -1.02. The van der Waals surface area contributed by atoms with Crippen LogP contribution in [-0.4, -0.2) is 16.3 Å². The summed E-state index contributed by atoms with van der Waals surface area (Å²) >= 11 is 0. The van der Waals surface area contributed by atoms with Crippen LogP contribution in [0.5, 0.6) is 5.75 Å². The van der Waals surface area contributed by atoms with Crippen molar-refractivity contribution in [3.05, 3.63) is 29.8 Å². The number of aromatic hydroxyl groups is 1. The minimum absolute atomic E-state index is 0.164. The van der Waals surface area contributed by atoms with Gasteiger partial charge in [-0.1, -0.05) is 45.7 Å². The number of aliphatic hydroxyl groups is 1. The number of hydrogen-bond acceptors (Lipinski definition) is 2. The van der Waals surface area contributed by atoms with Gasteiger partial charge in [0.05, 0.1) is 6.10 Å². The van der Waals surface area contributed by atoms with Crippen LogP contribution in [0.3, 0.4) is 0 Å². The number of phenolic OH excluding ortho intramolecular Hbond substituents is 1. The number of fused-ring (bicyclic) bond motifs is 5. The Labute approximate surface area is 183 Å². The van der Waals surface area contributed by atoms with Crippen molar-refractivity contribution >= 4 is 0 Å². The van der Waals surface area contributed by atoms with Gasteiger partial charge in [0, 0.05) is 0 Å². The van der Waals surface area contributed by atoms with Gasteiger partial charge in [0.2, 0.25) is 0 Å². The highest BCUT2D eigenvalue weighted by molar-refractivity contribution is 5.27. The standard InChI is InChI=1S/C28H42O2/c1-18(15-19-7-6-9-21(29)16-19)26-25(30)17-24-22-11-10-20-8-4-5-13-27(20,2)23(22)12-14-28(24,26)3/h6-7,9,16,18,20,22-26,29-30H,4-5,8,10-15,17H2,1-3H3/t18?,20?,22-,23+,24+,25?,26+,27+,28+/m1/s1.